The van der Waals surface area contributed by atoms with E-state index in [2.05, 4.69) is 27.4 Å². The highest BCUT2D eigenvalue weighted by molar-refractivity contribution is 5.79. The minimum atomic E-state index is 0.564. The molecule has 8 heteroatoms. The second-order valence-electron chi connectivity index (χ2n) is 5.71. The lowest BCUT2D eigenvalue weighted by Crippen LogP contribution is -2.42. The van der Waals surface area contributed by atoms with Gasteiger partial charge in [-0.05, 0) is 24.3 Å². The standard InChI is InChI=1S/C18H28N6O2/c1-5-17-22-21-14-24(17)11-10-20-18(19-2)23(3)12-13-26-16-8-6-15(25-4)7-9-16/h6-9,14H,5,10-13H2,1-4H3,(H,19,20). The number of hydrogen-bond acceptors (Lipinski definition) is 5. The fraction of sp³-hybridized carbons (Fsp3) is 0.500. The molecular weight excluding hydrogens is 332 g/mol. The van der Waals surface area contributed by atoms with Gasteiger partial charge in [-0.1, -0.05) is 6.92 Å². The van der Waals surface area contributed by atoms with E-state index in [1.807, 2.05) is 40.8 Å². The van der Waals surface area contributed by atoms with Crippen LogP contribution in [0.4, 0.5) is 0 Å². The summed E-state index contributed by atoms with van der Waals surface area (Å²) in [5.41, 5.74) is 0. The van der Waals surface area contributed by atoms with Crippen LogP contribution in [0.25, 0.3) is 0 Å². The molecule has 1 aromatic heterocycles. The van der Waals surface area contributed by atoms with Crippen molar-refractivity contribution in [1.82, 2.24) is 25.0 Å². The summed E-state index contributed by atoms with van der Waals surface area (Å²) in [7, 11) is 5.41. The van der Waals surface area contributed by atoms with Gasteiger partial charge in [-0.15, -0.1) is 10.2 Å². The molecule has 0 aliphatic heterocycles. The first-order valence-electron chi connectivity index (χ1n) is 8.73. The number of aryl methyl sites for hydroxylation is 1. The number of nitrogens with zero attached hydrogens (tertiary/aromatic N) is 5. The average molecular weight is 360 g/mol. The molecule has 2 rings (SSSR count). The molecule has 0 aliphatic carbocycles. The number of aliphatic imine (C=N–C) groups is 1. The molecular formula is C18H28N6O2. The maximum absolute atomic E-state index is 5.76. The maximum atomic E-state index is 5.76. The summed E-state index contributed by atoms with van der Waals surface area (Å²) in [4.78, 5) is 6.35. The summed E-state index contributed by atoms with van der Waals surface area (Å²) in [5, 5.41) is 11.4. The number of ether oxygens (including phenoxy) is 2. The van der Waals surface area contributed by atoms with Crippen molar-refractivity contribution in [2.24, 2.45) is 4.99 Å². The molecule has 0 radical (unpaired) electrons. The number of likely N-dealkylation sites (N-methyl/N-ethyl adjacent to an activating group) is 1. The number of guanidine groups is 1. The molecule has 0 fully saturated rings. The van der Waals surface area contributed by atoms with Crippen molar-refractivity contribution < 1.29 is 9.47 Å². The lowest BCUT2D eigenvalue weighted by atomic mass is 10.3. The third-order valence-corrected chi connectivity index (χ3v) is 3.98. The summed E-state index contributed by atoms with van der Waals surface area (Å²) < 4.78 is 13.0. The zero-order valence-electron chi connectivity index (χ0n) is 16.0. The highest BCUT2D eigenvalue weighted by Crippen LogP contribution is 2.16. The fourth-order valence-electron chi connectivity index (χ4n) is 2.49. The van der Waals surface area contributed by atoms with Gasteiger partial charge in [-0.25, -0.2) is 0 Å². The molecule has 0 saturated heterocycles. The topological polar surface area (TPSA) is 76.8 Å². The molecule has 0 aliphatic rings. The molecule has 26 heavy (non-hydrogen) atoms. The first-order valence-corrected chi connectivity index (χ1v) is 8.73. The Morgan fingerprint density at radius 3 is 2.65 bits per heavy atom. The summed E-state index contributed by atoms with van der Waals surface area (Å²) in [6.45, 7) is 4.91. The van der Waals surface area contributed by atoms with Gasteiger partial charge in [-0.2, -0.15) is 0 Å². The second-order valence-corrected chi connectivity index (χ2v) is 5.71. The zero-order chi connectivity index (χ0) is 18.8. The molecule has 0 saturated carbocycles. The Kier molecular flexibility index (Phi) is 7.73. The summed E-state index contributed by atoms with van der Waals surface area (Å²) in [6, 6.07) is 7.57. The van der Waals surface area contributed by atoms with Crippen molar-refractivity contribution in [2.45, 2.75) is 19.9 Å². The highest BCUT2D eigenvalue weighted by atomic mass is 16.5. The van der Waals surface area contributed by atoms with Gasteiger partial charge < -0.3 is 24.3 Å². The molecule has 0 spiro atoms. The van der Waals surface area contributed by atoms with E-state index in [-0.39, 0.29) is 0 Å². The monoisotopic (exact) mass is 360 g/mol. The van der Waals surface area contributed by atoms with Crippen LogP contribution < -0.4 is 14.8 Å². The lowest BCUT2D eigenvalue weighted by Gasteiger charge is -2.22. The second kappa shape index (κ2) is 10.3. The predicted molar refractivity (Wildman–Crippen MR) is 102 cm³/mol. The Balaban J connectivity index is 1.72. The van der Waals surface area contributed by atoms with E-state index in [0.717, 1.165) is 49.3 Å². The van der Waals surface area contributed by atoms with Crippen LogP contribution in [0.2, 0.25) is 0 Å². The largest absolute Gasteiger partial charge is 0.497 e. The average Bonchev–Trinajstić information content (AvgIpc) is 3.13. The quantitative estimate of drug-likeness (QED) is 0.539. The zero-order valence-corrected chi connectivity index (χ0v) is 16.0. The van der Waals surface area contributed by atoms with Crippen LogP contribution in [0.1, 0.15) is 12.7 Å². The maximum Gasteiger partial charge on any atom is 0.193 e. The number of benzene rings is 1. The summed E-state index contributed by atoms with van der Waals surface area (Å²) >= 11 is 0. The number of rotatable bonds is 9. The number of aromatic nitrogens is 3. The van der Waals surface area contributed by atoms with Crippen LogP contribution >= 0.6 is 0 Å². The smallest absolute Gasteiger partial charge is 0.193 e. The Bertz CT molecular complexity index is 683. The van der Waals surface area contributed by atoms with E-state index in [1.165, 1.54) is 0 Å². The molecule has 0 atom stereocenters. The van der Waals surface area contributed by atoms with Gasteiger partial charge in [0.2, 0.25) is 0 Å². The molecule has 142 valence electrons. The normalized spacial score (nSPS) is 11.3. The Morgan fingerprint density at radius 2 is 2.00 bits per heavy atom. The number of nitrogens with one attached hydrogen (secondary N) is 1. The van der Waals surface area contributed by atoms with Crippen LogP contribution in [-0.2, 0) is 13.0 Å². The van der Waals surface area contributed by atoms with Gasteiger partial charge in [-0.3, -0.25) is 4.99 Å². The van der Waals surface area contributed by atoms with Gasteiger partial charge in [0.25, 0.3) is 0 Å². The molecule has 0 bridgehead atoms. The molecule has 0 amide bonds. The van der Waals surface area contributed by atoms with Gasteiger partial charge in [0, 0.05) is 33.6 Å². The van der Waals surface area contributed by atoms with Crippen LogP contribution in [0.3, 0.4) is 0 Å². The van der Waals surface area contributed by atoms with E-state index >= 15 is 0 Å². The first kappa shape index (κ1) is 19.6. The molecule has 2 aromatic rings. The Morgan fingerprint density at radius 1 is 1.27 bits per heavy atom. The molecule has 8 nitrogen and oxygen atoms in total. The van der Waals surface area contributed by atoms with Gasteiger partial charge in [0.05, 0.1) is 13.7 Å². The highest BCUT2D eigenvalue weighted by Gasteiger charge is 2.07. The SMILES string of the molecule is CCc1nncn1CCNC(=NC)N(C)CCOc1ccc(OC)cc1. The molecule has 0 unspecified atom stereocenters. The lowest BCUT2D eigenvalue weighted by molar-refractivity contribution is 0.281. The van der Waals surface area contributed by atoms with E-state index < -0.39 is 0 Å². The van der Waals surface area contributed by atoms with E-state index in [0.29, 0.717) is 6.61 Å². The van der Waals surface area contributed by atoms with E-state index in [4.69, 9.17) is 9.47 Å². The first-order chi connectivity index (χ1) is 12.7. The van der Waals surface area contributed by atoms with Crippen molar-refractivity contribution >= 4 is 5.96 Å². The van der Waals surface area contributed by atoms with Crippen molar-refractivity contribution in [3.63, 3.8) is 0 Å². The Labute approximate surface area is 154 Å². The third kappa shape index (κ3) is 5.65. The predicted octanol–water partition coefficient (Wildman–Crippen LogP) is 1.44. The summed E-state index contributed by atoms with van der Waals surface area (Å²) in [5.74, 6) is 3.46. The minimum Gasteiger partial charge on any atom is -0.497 e. The molecule has 1 N–H and O–H groups in total. The van der Waals surface area contributed by atoms with Crippen molar-refractivity contribution in [2.75, 3.05) is 40.9 Å². The van der Waals surface area contributed by atoms with E-state index in [9.17, 15) is 0 Å². The van der Waals surface area contributed by atoms with Crippen LogP contribution in [-0.4, -0.2) is 66.5 Å². The van der Waals surface area contributed by atoms with Gasteiger partial charge in [0.1, 0.15) is 30.3 Å². The van der Waals surface area contributed by atoms with Gasteiger partial charge >= 0.3 is 0 Å². The van der Waals surface area contributed by atoms with Crippen LogP contribution in [0.15, 0.2) is 35.6 Å². The van der Waals surface area contributed by atoms with Crippen molar-refractivity contribution in [3.05, 3.63) is 36.4 Å². The third-order valence-electron chi connectivity index (χ3n) is 3.98. The van der Waals surface area contributed by atoms with E-state index in [1.54, 1.807) is 20.5 Å². The fourth-order valence-corrected chi connectivity index (χ4v) is 2.49. The van der Waals surface area contributed by atoms with Crippen LogP contribution in [0, 0.1) is 0 Å². The molecule has 1 aromatic carbocycles. The summed E-state index contributed by atoms with van der Waals surface area (Å²) in [6.07, 6.45) is 2.63. The number of hydrogen-bond donors (Lipinski definition) is 1. The van der Waals surface area contributed by atoms with Gasteiger partial charge in [0.15, 0.2) is 5.96 Å². The van der Waals surface area contributed by atoms with Crippen molar-refractivity contribution in [1.29, 1.82) is 0 Å². The van der Waals surface area contributed by atoms with Crippen LogP contribution in [0.5, 0.6) is 11.5 Å². The number of methoxy groups -OCH3 is 1. The van der Waals surface area contributed by atoms with Crippen molar-refractivity contribution in [3.8, 4) is 11.5 Å². The Hall–Kier alpha value is -2.77. The molecule has 1 heterocycles. The minimum absolute atomic E-state index is 0.564.